The van der Waals surface area contributed by atoms with Crippen molar-refractivity contribution in [2.45, 2.75) is 39.2 Å². The summed E-state index contributed by atoms with van der Waals surface area (Å²) in [6.45, 7) is 6.19. The third-order valence-corrected chi connectivity index (χ3v) is 5.49. The summed E-state index contributed by atoms with van der Waals surface area (Å²) < 4.78 is 5.29. The van der Waals surface area contributed by atoms with E-state index >= 15 is 0 Å². The van der Waals surface area contributed by atoms with Gasteiger partial charge in [0.2, 0.25) is 5.91 Å². The van der Waals surface area contributed by atoms with Crippen molar-refractivity contribution in [2.24, 2.45) is 5.92 Å². The first-order chi connectivity index (χ1) is 11.1. The maximum Gasteiger partial charge on any atom is 0.280 e. The molecule has 0 saturated carbocycles. The topological polar surface area (TPSA) is 71.5 Å². The molecule has 1 aliphatic carbocycles. The second kappa shape index (κ2) is 6.97. The lowest BCUT2D eigenvalue weighted by atomic mass is 10.0. The highest BCUT2D eigenvalue weighted by Crippen LogP contribution is 2.27. The summed E-state index contributed by atoms with van der Waals surface area (Å²) in [5, 5.41) is 3.38. The monoisotopic (exact) mass is 337 g/mol. The standard InChI is InChI=1S/C16H23N3O3S/c1-10(2)13(16(21)19-6-8-22-9-7-19)18-14(20)15-17-11-4-3-5-12(11)23-15/h10,13H,3-9H2,1-2H3,(H,18,20). The maximum absolute atomic E-state index is 12.7. The van der Waals surface area contributed by atoms with E-state index < -0.39 is 6.04 Å². The van der Waals surface area contributed by atoms with E-state index in [1.165, 1.54) is 16.2 Å². The summed E-state index contributed by atoms with van der Waals surface area (Å²) in [5.41, 5.74) is 1.06. The van der Waals surface area contributed by atoms with Gasteiger partial charge in [-0.2, -0.15) is 0 Å². The average molecular weight is 337 g/mol. The van der Waals surface area contributed by atoms with Crippen LogP contribution in [0.1, 0.15) is 40.6 Å². The third-order valence-electron chi connectivity index (χ3n) is 4.33. The van der Waals surface area contributed by atoms with Gasteiger partial charge in [0.15, 0.2) is 5.01 Å². The van der Waals surface area contributed by atoms with E-state index in [-0.39, 0.29) is 17.7 Å². The van der Waals surface area contributed by atoms with E-state index in [4.69, 9.17) is 4.74 Å². The van der Waals surface area contributed by atoms with Gasteiger partial charge in [-0.25, -0.2) is 4.98 Å². The number of thiazole rings is 1. The molecule has 6 nitrogen and oxygen atoms in total. The molecule has 23 heavy (non-hydrogen) atoms. The Kier molecular flexibility index (Phi) is 4.96. The Hall–Kier alpha value is -1.47. The van der Waals surface area contributed by atoms with Crippen LogP contribution in [-0.4, -0.2) is 54.0 Å². The molecule has 1 aliphatic heterocycles. The number of aromatic nitrogens is 1. The molecule has 1 fully saturated rings. The first-order valence-electron chi connectivity index (χ1n) is 8.22. The average Bonchev–Trinajstić information content (AvgIpc) is 3.14. The SMILES string of the molecule is CC(C)C(NC(=O)c1nc2c(s1)CCC2)C(=O)N1CCOCC1. The molecule has 1 aromatic rings. The lowest BCUT2D eigenvalue weighted by Gasteiger charge is -2.32. The Bertz CT molecular complexity index is 572. The summed E-state index contributed by atoms with van der Waals surface area (Å²) in [7, 11) is 0. The molecule has 7 heteroatoms. The minimum absolute atomic E-state index is 0.0271. The minimum atomic E-state index is -0.514. The van der Waals surface area contributed by atoms with Gasteiger partial charge < -0.3 is 15.0 Å². The number of hydrogen-bond donors (Lipinski definition) is 1. The summed E-state index contributed by atoms with van der Waals surface area (Å²) in [6, 6.07) is -0.514. The van der Waals surface area contributed by atoms with Crippen LogP contribution < -0.4 is 5.32 Å². The van der Waals surface area contributed by atoms with Crippen molar-refractivity contribution in [3.8, 4) is 0 Å². The number of aryl methyl sites for hydroxylation is 2. The van der Waals surface area contributed by atoms with Crippen LogP contribution in [-0.2, 0) is 22.4 Å². The quantitative estimate of drug-likeness (QED) is 0.897. The predicted octanol–water partition coefficient (Wildman–Crippen LogP) is 1.24. The van der Waals surface area contributed by atoms with Gasteiger partial charge in [0.1, 0.15) is 6.04 Å². The maximum atomic E-state index is 12.7. The molecule has 0 aromatic carbocycles. The third kappa shape index (κ3) is 3.55. The predicted molar refractivity (Wildman–Crippen MR) is 87.6 cm³/mol. The second-order valence-corrected chi connectivity index (χ2v) is 7.46. The van der Waals surface area contributed by atoms with Crippen LogP contribution in [0.3, 0.4) is 0 Å². The minimum Gasteiger partial charge on any atom is -0.378 e. The molecule has 1 saturated heterocycles. The van der Waals surface area contributed by atoms with Crippen molar-refractivity contribution < 1.29 is 14.3 Å². The van der Waals surface area contributed by atoms with Crippen LogP contribution >= 0.6 is 11.3 Å². The molecule has 2 aliphatic rings. The Morgan fingerprint density at radius 2 is 2.00 bits per heavy atom. The van der Waals surface area contributed by atoms with Gasteiger partial charge in [-0.05, 0) is 25.2 Å². The number of amides is 2. The molecular formula is C16H23N3O3S. The van der Waals surface area contributed by atoms with Crippen LogP contribution in [0.25, 0.3) is 0 Å². The molecule has 1 atom stereocenters. The van der Waals surface area contributed by atoms with Gasteiger partial charge in [0, 0.05) is 18.0 Å². The number of rotatable bonds is 4. The number of carbonyl (C=O) groups is 2. The first-order valence-corrected chi connectivity index (χ1v) is 9.04. The van der Waals surface area contributed by atoms with E-state index in [0.717, 1.165) is 25.0 Å². The summed E-state index contributed by atoms with van der Waals surface area (Å²) in [4.78, 5) is 32.6. The zero-order valence-electron chi connectivity index (χ0n) is 13.6. The number of hydrogen-bond acceptors (Lipinski definition) is 5. The van der Waals surface area contributed by atoms with E-state index in [0.29, 0.717) is 31.3 Å². The highest BCUT2D eigenvalue weighted by molar-refractivity contribution is 7.13. The lowest BCUT2D eigenvalue weighted by Crippen LogP contribution is -2.53. The van der Waals surface area contributed by atoms with Crippen LogP contribution in [0.5, 0.6) is 0 Å². The van der Waals surface area contributed by atoms with Crippen LogP contribution in [0.2, 0.25) is 0 Å². The van der Waals surface area contributed by atoms with Crippen molar-refractivity contribution in [1.29, 1.82) is 0 Å². The fourth-order valence-corrected chi connectivity index (χ4v) is 4.04. The van der Waals surface area contributed by atoms with Gasteiger partial charge >= 0.3 is 0 Å². The number of nitrogens with zero attached hydrogens (tertiary/aromatic N) is 2. The molecule has 0 radical (unpaired) electrons. The largest absolute Gasteiger partial charge is 0.378 e. The lowest BCUT2D eigenvalue weighted by molar-refractivity contribution is -0.138. The zero-order valence-corrected chi connectivity index (χ0v) is 14.4. The summed E-state index contributed by atoms with van der Waals surface area (Å²) >= 11 is 1.46. The zero-order chi connectivity index (χ0) is 16.4. The molecule has 0 spiro atoms. The second-order valence-electron chi connectivity index (χ2n) is 6.38. The van der Waals surface area contributed by atoms with E-state index in [9.17, 15) is 9.59 Å². The smallest absolute Gasteiger partial charge is 0.280 e. The molecular weight excluding hydrogens is 314 g/mol. The molecule has 3 rings (SSSR count). The molecule has 2 amide bonds. The molecule has 1 aromatic heterocycles. The summed E-state index contributed by atoms with van der Waals surface area (Å²) in [5.74, 6) is -0.230. The Labute approximate surface area is 140 Å². The summed E-state index contributed by atoms with van der Waals surface area (Å²) in [6.07, 6.45) is 3.10. The highest BCUT2D eigenvalue weighted by Gasteiger charge is 2.31. The van der Waals surface area contributed by atoms with E-state index in [1.54, 1.807) is 4.90 Å². The first kappa shape index (κ1) is 16.4. The Morgan fingerprint density at radius 3 is 2.65 bits per heavy atom. The van der Waals surface area contributed by atoms with Gasteiger partial charge in [-0.1, -0.05) is 13.8 Å². The number of fused-ring (bicyclic) bond motifs is 1. The van der Waals surface area contributed by atoms with Crippen molar-refractivity contribution in [2.75, 3.05) is 26.3 Å². The molecule has 2 heterocycles. The van der Waals surface area contributed by atoms with Gasteiger partial charge in [0.25, 0.3) is 5.91 Å². The Morgan fingerprint density at radius 1 is 1.26 bits per heavy atom. The van der Waals surface area contributed by atoms with Crippen molar-refractivity contribution in [3.63, 3.8) is 0 Å². The van der Waals surface area contributed by atoms with Crippen molar-refractivity contribution >= 4 is 23.2 Å². The number of morpholine rings is 1. The number of ether oxygens (including phenoxy) is 1. The van der Waals surface area contributed by atoms with Crippen molar-refractivity contribution in [3.05, 3.63) is 15.6 Å². The van der Waals surface area contributed by atoms with E-state index in [2.05, 4.69) is 10.3 Å². The molecule has 1 N–H and O–H groups in total. The normalized spacial score (nSPS) is 18.8. The fourth-order valence-electron chi connectivity index (χ4n) is 2.98. The van der Waals surface area contributed by atoms with Crippen LogP contribution in [0.15, 0.2) is 0 Å². The van der Waals surface area contributed by atoms with Crippen LogP contribution in [0, 0.1) is 5.92 Å². The fraction of sp³-hybridized carbons (Fsp3) is 0.688. The Balaban J connectivity index is 1.68. The van der Waals surface area contributed by atoms with E-state index in [1.807, 2.05) is 13.8 Å². The number of carbonyl (C=O) groups excluding carboxylic acids is 2. The molecule has 1 unspecified atom stereocenters. The highest BCUT2D eigenvalue weighted by atomic mass is 32.1. The van der Waals surface area contributed by atoms with Gasteiger partial charge in [-0.15, -0.1) is 11.3 Å². The number of nitrogens with one attached hydrogen (secondary N) is 1. The molecule has 126 valence electrons. The van der Waals surface area contributed by atoms with Gasteiger partial charge in [0.05, 0.1) is 18.9 Å². The molecule has 0 bridgehead atoms. The van der Waals surface area contributed by atoms with Gasteiger partial charge in [-0.3, -0.25) is 9.59 Å². The van der Waals surface area contributed by atoms with Crippen LogP contribution in [0.4, 0.5) is 0 Å². The van der Waals surface area contributed by atoms with Crippen molar-refractivity contribution in [1.82, 2.24) is 15.2 Å².